The third-order valence-electron chi connectivity index (χ3n) is 3.65. The summed E-state index contributed by atoms with van der Waals surface area (Å²) in [7, 11) is 0. The number of fused-ring (bicyclic) bond motifs is 1. The van der Waals surface area contributed by atoms with Gasteiger partial charge in [-0.1, -0.05) is 12.1 Å². The van der Waals surface area contributed by atoms with Gasteiger partial charge in [-0.25, -0.2) is 0 Å². The SMILES string of the molecule is N#Cc1ccccc1OCCO[C@H]1CCCc2cn[nH]c21. The number of ether oxygens (including phenoxy) is 2. The fraction of sp³-hybridized carbons (Fsp3) is 0.375. The van der Waals surface area contributed by atoms with Crippen LogP contribution in [0.3, 0.4) is 0 Å². The van der Waals surface area contributed by atoms with E-state index in [4.69, 9.17) is 14.7 Å². The third kappa shape index (κ3) is 3.06. The molecule has 0 amide bonds. The van der Waals surface area contributed by atoms with E-state index in [1.165, 1.54) is 5.56 Å². The summed E-state index contributed by atoms with van der Waals surface area (Å²) in [6.07, 6.45) is 5.15. The standard InChI is InChI=1S/C16H17N3O2/c17-10-12-4-1-2-6-14(12)20-8-9-21-15-7-3-5-13-11-18-19-16(13)15/h1-2,4,6,11,15H,3,5,7-9H2,(H,18,19)/t15-/m0/s1. The summed E-state index contributed by atoms with van der Waals surface area (Å²) in [4.78, 5) is 0. The molecule has 0 radical (unpaired) electrons. The second kappa shape index (κ2) is 6.42. The maximum Gasteiger partial charge on any atom is 0.137 e. The average molecular weight is 283 g/mol. The van der Waals surface area contributed by atoms with E-state index < -0.39 is 0 Å². The molecule has 0 fully saturated rings. The Hall–Kier alpha value is -2.32. The molecule has 0 aliphatic heterocycles. The largest absolute Gasteiger partial charge is 0.490 e. The first-order valence-corrected chi connectivity index (χ1v) is 7.14. The molecule has 1 N–H and O–H groups in total. The van der Waals surface area contributed by atoms with Gasteiger partial charge in [-0.05, 0) is 37.0 Å². The summed E-state index contributed by atoms with van der Waals surface area (Å²) in [5.74, 6) is 0.606. The van der Waals surface area contributed by atoms with Gasteiger partial charge in [0.2, 0.25) is 0 Å². The molecule has 108 valence electrons. The number of benzene rings is 1. The molecule has 5 heteroatoms. The number of aryl methyl sites for hydroxylation is 1. The lowest BCUT2D eigenvalue weighted by Gasteiger charge is -2.22. The van der Waals surface area contributed by atoms with Crippen LogP contribution in [0.25, 0.3) is 0 Å². The monoisotopic (exact) mass is 283 g/mol. The molecule has 1 aliphatic rings. The van der Waals surface area contributed by atoms with Gasteiger partial charge >= 0.3 is 0 Å². The van der Waals surface area contributed by atoms with Gasteiger partial charge in [0.15, 0.2) is 0 Å². The average Bonchev–Trinajstić information content (AvgIpc) is 3.01. The molecule has 5 nitrogen and oxygen atoms in total. The van der Waals surface area contributed by atoms with E-state index in [9.17, 15) is 0 Å². The number of aromatic nitrogens is 2. The van der Waals surface area contributed by atoms with Crippen LogP contribution in [0.2, 0.25) is 0 Å². The summed E-state index contributed by atoms with van der Waals surface area (Å²) >= 11 is 0. The molecule has 2 aromatic rings. The fourth-order valence-electron chi connectivity index (χ4n) is 2.61. The van der Waals surface area contributed by atoms with E-state index in [0.717, 1.165) is 25.0 Å². The first-order chi connectivity index (χ1) is 10.4. The smallest absolute Gasteiger partial charge is 0.137 e. The number of nitriles is 1. The molecule has 1 heterocycles. The van der Waals surface area contributed by atoms with Gasteiger partial charge in [0, 0.05) is 0 Å². The topological polar surface area (TPSA) is 70.9 Å². The van der Waals surface area contributed by atoms with E-state index in [0.29, 0.717) is 24.5 Å². The Bertz CT molecular complexity index is 645. The third-order valence-corrected chi connectivity index (χ3v) is 3.65. The second-order valence-corrected chi connectivity index (χ2v) is 5.02. The Balaban J connectivity index is 1.51. The summed E-state index contributed by atoms with van der Waals surface area (Å²) in [5, 5.41) is 16.1. The van der Waals surface area contributed by atoms with Crippen molar-refractivity contribution in [3.05, 3.63) is 47.3 Å². The number of hydrogen-bond acceptors (Lipinski definition) is 4. The Morgan fingerprint density at radius 2 is 2.24 bits per heavy atom. The van der Waals surface area contributed by atoms with Crippen molar-refractivity contribution in [1.82, 2.24) is 10.2 Å². The molecule has 0 bridgehead atoms. The van der Waals surface area contributed by atoms with Crippen LogP contribution >= 0.6 is 0 Å². The minimum Gasteiger partial charge on any atom is -0.490 e. The normalized spacial score (nSPS) is 17.0. The zero-order valence-electron chi connectivity index (χ0n) is 11.7. The summed E-state index contributed by atoms with van der Waals surface area (Å²) in [6.45, 7) is 0.918. The Labute approximate surface area is 123 Å². The van der Waals surface area contributed by atoms with Crippen LogP contribution in [-0.4, -0.2) is 23.4 Å². The highest BCUT2D eigenvalue weighted by molar-refractivity contribution is 5.42. The number of H-pyrrole nitrogens is 1. The van der Waals surface area contributed by atoms with Crippen LogP contribution in [-0.2, 0) is 11.2 Å². The van der Waals surface area contributed by atoms with Gasteiger partial charge < -0.3 is 9.47 Å². The summed E-state index contributed by atoms with van der Waals surface area (Å²) in [5.41, 5.74) is 2.90. The van der Waals surface area contributed by atoms with E-state index >= 15 is 0 Å². The minimum absolute atomic E-state index is 0.0751. The molecular formula is C16H17N3O2. The molecule has 3 rings (SSSR count). The quantitative estimate of drug-likeness (QED) is 0.856. The van der Waals surface area contributed by atoms with Gasteiger partial charge in [-0.2, -0.15) is 10.4 Å². The van der Waals surface area contributed by atoms with Crippen molar-refractivity contribution in [2.75, 3.05) is 13.2 Å². The number of nitrogens with zero attached hydrogens (tertiary/aromatic N) is 2. The lowest BCUT2D eigenvalue weighted by Crippen LogP contribution is -2.16. The maximum atomic E-state index is 8.99. The van der Waals surface area contributed by atoms with Gasteiger partial charge in [0.25, 0.3) is 0 Å². The first kappa shape index (κ1) is 13.7. The maximum absolute atomic E-state index is 8.99. The van der Waals surface area contributed by atoms with Gasteiger partial charge in [-0.15, -0.1) is 0 Å². The molecule has 1 aromatic carbocycles. The molecule has 0 spiro atoms. The highest BCUT2D eigenvalue weighted by Crippen LogP contribution is 2.30. The summed E-state index contributed by atoms with van der Waals surface area (Å²) < 4.78 is 11.5. The number of para-hydroxylation sites is 1. The predicted molar refractivity (Wildman–Crippen MR) is 76.9 cm³/mol. The Kier molecular flexibility index (Phi) is 4.17. The molecule has 1 aliphatic carbocycles. The van der Waals surface area contributed by atoms with Crippen molar-refractivity contribution < 1.29 is 9.47 Å². The zero-order valence-corrected chi connectivity index (χ0v) is 11.7. The van der Waals surface area contributed by atoms with Crippen molar-refractivity contribution in [1.29, 1.82) is 5.26 Å². The van der Waals surface area contributed by atoms with Gasteiger partial charge in [0.1, 0.15) is 18.4 Å². The van der Waals surface area contributed by atoms with Crippen LogP contribution < -0.4 is 4.74 Å². The predicted octanol–water partition coefficient (Wildman–Crippen LogP) is 2.75. The first-order valence-electron chi connectivity index (χ1n) is 7.14. The molecule has 1 atom stereocenters. The van der Waals surface area contributed by atoms with E-state index in [2.05, 4.69) is 16.3 Å². The summed E-state index contributed by atoms with van der Waals surface area (Å²) in [6, 6.07) is 9.34. The van der Waals surface area contributed by atoms with E-state index in [-0.39, 0.29) is 6.10 Å². The van der Waals surface area contributed by atoms with Crippen LogP contribution in [0.1, 0.15) is 35.8 Å². The Morgan fingerprint density at radius 3 is 3.14 bits per heavy atom. The lowest BCUT2D eigenvalue weighted by molar-refractivity contribution is 0.0204. The van der Waals surface area contributed by atoms with Crippen molar-refractivity contribution in [3.8, 4) is 11.8 Å². The van der Waals surface area contributed by atoms with Crippen molar-refractivity contribution in [2.45, 2.75) is 25.4 Å². The molecule has 0 saturated heterocycles. The van der Waals surface area contributed by atoms with Crippen LogP contribution in [0, 0.1) is 11.3 Å². The van der Waals surface area contributed by atoms with Gasteiger partial charge in [0.05, 0.1) is 30.2 Å². The van der Waals surface area contributed by atoms with Crippen molar-refractivity contribution in [3.63, 3.8) is 0 Å². The minimum atomic E-state index is 0.0751. The van der Waals surface area contributed by atoms with Crippen molar-refractivity contribution >= 4 is 0 Å². The molecular weight excluding hydrogens is 266 g/mol. The van der Waals surface area contributed by atoms with Crippen LogP contribution in [0.5, 0.6) is 5.75 Å². The number of rotatable bonds is 5. The van der Waals surface area contributed by atoms with E-state index in [1.54, 1.807) is 12.1 Å². The zero-order chi connectivity index (χ0) is 14.5. The highest BCUT2D eigenvalue weighted by Gasteiger charge is 2.22. The molecule has 1 aromatic heterocycles. The number of hydrogen-bond donors (Lipinski definition) is 1. The van der Waals surface area contributed by atoms with E-state index in [1.807, 2.05) is 18.3 Å². The molecule has 21 heavy (non-hydrogen) atoms. The van der Waals surface area contributed by atoms with Crippen LogP contribution in [0.15, 0.2) is 30.5 Å². The number of nitrogens with one attached hydrogen (secondary N) is 1. The molecule has 0 unspecified atom stereocenters. The fourth-order valence-corrected chi connectivity index (χ4v) is 2.61. The van der Waals surface area contributed by atoms with Crippen molar-refractivity contribution in [2.24, 2.45) is 0 Å². The lowest BCUT2D eigenvalue weighted by atomic mass is 9.96. The Morgan fingerprint density at radius 1 is 1.33 bits per heavy atom. The van der Waals surface area contributed by atoms with Crippen LogP contribution in [0.4, 0.5) is 0 Å². The van der Waals surface area contributed by atoms with Gasteiger partial charge in [-0.3, -0.25) is 5.10 Å². The number of aromatic amines is 1. The molecule has 0 saturated carbocycles. The second-order valence-electron chi connectivity index (χ2n) is 5.02. The highest BCUT2D eigenvalue weighted by atomic mass is 16.5.